The van der Waals surface area contributed by atoms with Gasteiger partial charge in [-0.05, 0) is 116 Å². The average molecular weight is 1640 g/mol. The molecule has 0 spiro atoms. The number of nitrogens with two attached hydrogens (primary N) is 1. The number of esters is 1. The molecule has 0 aliphatic carbocycles. The Balaban J connectivity index is 1.11. The minimum absolute atomic E-state index is 0.0195. The first-order valence-electron chi connectivity index (χ1n) is 36.2. The van der Waals surface area contributed by atoms with Gasteiger partial charge in [0.2, 0.25) is 53.4 Å². The molecule has 0 aromatic heterocycles. The van der Waals surface area contributed by atoms with Crippen LogP contribution in [0.4, 0.5) is 0 Å². The molecule has 7 heterocycles. The van der Waals surface area contributed by atoms with Crippen molar-refractivity contribution in [1.29, 1.82) is 0 Å². The van der Waals surface area contributed by atoms with Crippen molar-refractivity contribution in [3.05, 3.63) is 153 Å². The van der Waals surface area contributed by atoms with Gasteiger partial charge >= 0.3 is 11.9 Å². The van der Waals surface area contributed by atoms with Crippen LogP contribution in [0, 0.1) is 5.92 Å². The van der Waals surface area contributed by atoms with Gasteiger partial charge in [-0.2, -0.15) is 0 Å². The van der Waals surface area contributed by atoms with E-state index in [-0.39, 0.29) is 54.4 Å². The molecule has 1 unspecified atom stereocenters. The van der Waals surface area contributed by atoms with Gasteiger partial charge < -0.3 is 137 Å². The summed E-state index contributed by atoms with van der Waals surface area (Å²) in [6, 6.07) is 7.93. The second kappa shape index (κ2) is 36.1. The van der Waals surface area contributed by atoms with Crippen LogP contribution in [0.5, 0.6) is 46.0 Å². The van der Waals surface area contributed by atoms with Crippen LogP contribution in [0.2, 0.25) is 10.0 Å². The van der Waals surface area contributed by atoms with Gasteiger partial charge in [-0.25, -0.2) is 9.59 Å². The van der Waals surface area contributed by atoms with Gasteiger partial charge in [0.1, 0.15) is 89.5 Å². The zero-order valence-corrected chi connectivity index (χ0v) is 63.9. The van der Waals surface area contributed by atoms with Crippen molar-refractivity contribution in [2.45, 2.75) is 169 Å². The number of aliphatic hydroxyl groups is 6. The maximum Gasteiger partial charge on any atom is 0.336 e. The summed E-state index contributed by atoms with van der Waals surface area (Å²) in [5.41, 5.74) is 2.08. The van der Waals surface area contributed by atoms with Crippen LogP contribution in [0.1, 0.15) is 111 Å². The number of hydrogen-bond acceptors (Lipinski definition) is 28. The summed E-state index contributed by atoms with van der Waals surface area (Å²) in [4.78, 5) is 131. The third-order valence-corrected chi connectivity index (χ3v) is 20.8. The molecule has 11 bridgehead atoms. The summed E-state index contributed by atoms with van der Waals surface area (Å²) in [7, 11) is 2.63. The third-order valence-electron chi connectivity index (χ3n) is 20.2. The number of hydrogen-bond donors (Lipinski definition) is 19. The van der Waals surface area contributed by atoms with Crippen molar-refractivity contribution < 1.29 is 132 Å². The third kappa shape index (κ3) is 19.0. The number of carboxylic acids is 1. The first-order valence-corrected chi connectivity index (χ1v) is 37.0. The summed E-state index contributed by atoms with van der Waals surface area (Å²) in [5.74, 6) is -17.1. The smallest absolute Gasteiger partial charge is 0.336 e. The summed E-state index contributed by atoms with van der Waals surface area (Å²) in [6.07, 6.45) is -20.8. The fourth-order valence-corrected chi connectivity index (χ4v) is 14.5. The molecule has 616 valence electrons. The van der Waals surface area contributed by atoms with E-state index in [4.69, 9.17) is 66.8 Å². The standard InChI is InChI=1S/C77H87Cl2N9O27/c1-31(2)18-43(81-5)68(99)87-59-61(94)35-13-16-47(41(78)20-35)111-49-22-37-23-50(65(49)115-76-66(64(97)63(96)52(29-89)113-76)114-54-27-77(4,67(98)32(3)110-54)82-28-51(75(107)108-6)109-30-33-10-8-7-9-11-33)112-48-17-14-36(21-42(48)79)62(95)60-73(104)86-58(74(105)106)40-24-38(90)25-46(92)55(40)39-19-34(12-15-45(39)91)56(70(101)88-60)85-71(102)57(37)84-69(100)44(26-53(80)93)83-72(59)103/h7-17,19-25,31-32,43-44,51-52,54,56-64,66-67,76,81-82,89-92,94-98H,18,26-30H2,1-6H3,(H2,80,93)(H,83,103)(H,84,100)(H,85,102)(H,86,104)(H,87,99)(H,88,101)(H,105,106)/t32-,43+,44-,51?,52+,54-,56+,57+,58-,59+,60-,61+,62+,63+,64-,66+,67+,76-,77-/m0/s1. The molecular formula is C77H87Cl2N9O27. The molecular weight excluding hydrogens is 1550 g/mol. The zero-order chi connectivity index (χ0) is 83.3. The number of benzene rings is 6. The molecule has 115 heavy (non-hydrogen) atoms. The number of rotatable bonds is 20. The highest BCUT2D eigenvalue weighted by Gasteiger charge is 2.53. The second-order valence-corrected chi connectivity index (χ2v) is 29.6. The van der Waals surface area contributed by atoms with Crippen LogP contribution >= 0.6 is 23.2 Å². The Hall–Kier alpha value is -10.5. The molecule has 6 aromatic rings. The maximum atomic E-state index is 16.2. The Morgan fingerprint density at radius 2 is 1.33 bits per heavy atom. The lowest BCUT2D eigenvalue weighted by Gasteiger charge is -2.48. The highest BCUT2D eigenvalue weighted by atomic mass is 35.5. The lowest BCUT2D eigenvalue weighted by molar-refractivity contribution is -0.334. The van der Waals surface area contributed by atoms with Crippen molar-refractivity contribution >= 4 is 76.5 Å². The molecule has 7 aliphatic heterocycles. The quantitative estimate of drug-likeness (QED) is 0.0482. The Kier molecular flexibility index (Phi) is 26.8. The van der Waals surface area contributed by atoms with E-state index in [9.17, 15) is 79.8 Å². The Morgan fingerprint density at radius 3 is 1.94 bits per heavy atom. The molecule has 0 radical (unpaired) electrons. The number of nitrogens with one attached hydrogen (secondary N) is 8. The van der Waals surface area contributed by atoms with E-state index >= 15 is 14.4 Å². The molecule has 38 heteroatoms. The van der Waals surface area contributed by atoms with Gasteiger partial charge in [-0.3, -0.25) is 33.6 Å². The van der Waals surface area contributed by atoms with Crippen molar-refractivity contribution in [2.24, 2.45) is 11.7 Å². The highest BCUT2D eigenvalue weighted by Crippen LogP contribution is 2.50. The number of aliphatic carboxylic acids is 1. The van der Waals surface area contributed by atoms with E-state index in [0.29, 0.717) is 0 Å². The fraction of sp³-hybridized carbons (Fsp3) is 0.416. The minimum Gasteiger partial charge on any atom is -0.508 e. The Bertz CT molecular complexity index is 4680. The van der Waals surface area contributed by atoms with Crippen molar-refractivity contribution in [2.75, 3.05) is 27.3 Å². The second-order valence-electron chi connectivity index (χ2n) is 28.8. The van der Waals surface area contributed by atoms with E-state index in [0.717, 1.165) is 72.3 Å². The number of amides is 7. The van der Waals surface area contributed by atoms with Gasteiger partial charge in [0, 0.05) is 41.3 Å². The lowest BCUT2D eigenvalue weighted by Crippen LogP contribution is -2.66. The SMILES string of the molecule is CN[C@H](CC(C)C)C(=O)N[C@H]1C(=O)N[C@@H](CC(N)=O)C(=O)N[C@H]2C(=O)N[C@H]3C(=O)N[C@H](C(=O)N[C@H](C(=O)O)c4cc(O)cc(O)c4-c4cc3ccc4O)[C@H](O)c3ccc(c(Cl)c3)Oc3cc2cc(c3O[C@@H]2O[C@H](CO)[C@@H](O)[C@H](O)[C@H]2O[C@H]2C[C@](C)(NCC(OCc3ccccc3)C(=O)OC)[C@H](O)[C@H](C)O2)Oc2ccc(cc2Cl)[C@H]1O. The molecule has 20 N–H and O–H groups in total. The molecule has 13 rings (SSSR count). The van der Waals surface area contributed by atoms with Crippen LogP contribution in [0.3, 0.4) is 0 Å². The number of phenolic OH excluding ortho intramolecular Hbond substituents is 3. The number of primary amides is 1. The fourth-order valence-electron chi connectivity index (χ4n) is 14.1. The van der Waals surface area contributed by atoms with Crippen LogP contribution in [-0.2, 0) is 73.4 Å². The lowest BCUT2D eigenvalue weighted by atomic mass is 9.84. The van der Waals surface area contributed by atoms with Gasteiger partial charge in [0.15, 0.2) is 36.0 Å². The monoisotopic (exact) mass is 1640 g/mol. The molecule has 7 amide bonds. The number of carbonyl (C=O) groups is 9. The van der Waals surface area contributed by atoms with E-state index in [1.807, 2.05) is 13.8 Å². The largest absolute Gasteiger partial charge is 0.508 e. The number of aliphatic hydroxyl groups excluding tert-OH is 6. The number of carbonyl (C=O) groups excluding carboxylic acids is 8. The number of ether oxygens (including phenoxy) is 8. The van der Waals surface area contributed by atoms with E-state index < -0.39 is 254 Å². The Labute approximate surface area is 665 Å². The van der Waals surface area contributed by atoms with Crippen LogP contribution in [0.25, 0.3) is 11.1 Å². The molecule has 0 saturated carbocycles. The zero-order valence-electron chi connectivity index (χ0n) is 62.4. The van der Waals surface area contributed by atoms with Gasteiger partial charge in [0.25, 0.3) is 0 Å². The van der Waals surface area contributed by atoms with Crippen LogP contribution < -0.4 is 62.5 Å². The highest BCUT2D eigenvalue weighted by molar-refractivity contribution is 6.32. The summed E-state index contributed by atoms with van der Waals surface area (Å²) in [5, 5.41) is 136. The van der Waals surface area contributed by atoms with Gasteiger partial charge in [0.05, 0.1) is 55.0 Å². The van der Waals surface area contributed by atoms with Crippen molar-refractivity contribution in [3.63, 3.8) is 0 Å². The van der Waals surface area contributed by atoms with Gasteiger partial charge in [-0.1, -0.05) is 85.6 Å². The number of likely N-dealkylation sites (N-methyl/N-ethyl adjacent to an activating group) is 1. The normalized spacial score (nSPS) is 27.5. The van der Waals surface area contributed by atoms with Gasteiger partial charge in [-0.15, -0.1) is 0 Å². The molecule has 36 nitrogen and oxygen atoms in total. The molecule has 6 aromatic carbocycles. The minimum atomic E-state index is -2.39. The molecule has 19 atom stereocenters. The topological polar surface area (TPSA) is 552 Å². The molecule has 7 aliphatic rings. The average Bonchev–Trinajstić information content (AvgIpc) is 0.767. The number of halogens is 2. The molecule has 2 saturated heterocycles. The Morgan fingerprint density at radius 1 is 0.704 bits per heavy atom. The summed E-state index contributed by atoms with van der Waals surface area (Å²) in [6.45, 7) is 5.40. The van der Waals surface area contributed by atoms with Crippen LogP contribution in [0.15, 0.2) is 109 Å². The number of phenols is 3. The van der Waals surface area contributed by atoms with Crippen LogP contribution in [-0.4, -0.2) is 217 Å². The first kappa shape index (κ1) is 85.3. The number of methoxy groups -OCH3 is 1. The summed E-state index contributed by atoms with van der Waals surface area (Å²) < 4.78 is 50.3. The predicted molar refractivity (Wildman–Crippen MR) is 400 cm³/mol. The van der Waals surface area contributed by atoms with E-state index in [2.05, 4.69) is 42.5 Å². The first-order chi connectivity index (χ1) is 54.6. The van der Waals surface area contributed by atoms with E-state index in [1.165, 1.54) is 33.2 Å². The maximum absolute atomic E-state index is 16.2. The van der Waals surface area contributed by atoms with E-state index in [1.54, 1.807) is 37.3 Å². The van der Waals surface area contributed by atoms with Crippen molar-refractivity contribution in [1.82, 2.24) is 42.5 Å². The number of aromatic hydroxyl groups is 3. The molecule has 2 fully saturated rings. The number of carboxylic acid groups (broad SMARTS) is 1. The summed E-state index contributed by atoms with van der Waals surface area (Å²) >= 11 is 14.3. The number of fused-ring (bicyclic) bond motifs is 15. The van der Waals surface area contributed by atoms with Crippen molar-refractivity contribution in [3.8, 4) is 57.1 Å². The predicted octanol–water partition coefficient (Wildman–Crippen LogP) is 1.50.